The highest BCUT2D eigenvalue weighted by molar-refractivity contribution is 8.01. The first-order chi connectivity index (χ1) is 12.5. The number of amides is 1. The molecule has 0 fully saturated rings. The number of thiazole rings is 1. The zero-order chi connectivity index (χ0) is 18.5. The summed E-state index contributed by atoms with van der Waals surface area (Å²) in [5.74, 6) is -0.557. The molecule has 1 aromatic carbocycles. The van der Waals surface area contributed by atoms with Crippen LogP contribution in [-0.4, -0.2) is 42.0 Å². The van der Waals surface area contributed by atoms with E-state index in [1.54, 1.807) is 6.92 Å². The molecule has 1 N–H and O–H groups in total. The summed E-state index contributed by atoms with van der Waals surface area (Å²) in [6.07, 6.45) is 1.24. The number of hydrazone groups is 1. The molecule has 0 radical (unpaired) electrons. The number of benzene rings is 1. The SMILES string of the molecule is C/C(Cn1cnc([N+](=O)[O-])n1)=N/NC(=O)CSc1nc2ccccc2s1. The van der Waals surface area contributed by atoms with Crippen LogP contribution in [0.3, 0.4) is 0 Å². The minimum atomic E-state index is -0.677. The second-order valence-corrected chi connectivity index (χ2v) is 7.37. The minimum absolute atomic E-state index is 0.186. The average Bonchev–Trinajstić information content (AvgIpc) is 3.24. The lowest BCUT2D eigenvalue weighted by Gasteiger charge is -2.00. The Kier molecular flexibility index (Phi) is 5.53. The molecule has 1 amide bonds. The number of para-hydroxylation sites is 1. The van der Waals surface area contributed by atoms with Gasteiger partial charge in [-0.05, 0) is 24.0 Å². The van der Waals surface area contributed by atoms with Crippen molar-refractivity contribution >= 4 is 50.9 Å². The molecule has 0 aliphatic rings. The highest BCUT2D eigenvalue weighted by Gasteiger charge is 2.13. The van der Waals surface area contributed by atoms with Crippen LogP contribution in [0.2, 0.25) is 0 Å². The number of thioether (sulfide) groups is 1. The number of carbonyl (C=O) groups excluding carboxylic acids is 1. The number of nitro groups is 1. The summed E-state index contributed by atoms with van der Waals surface area (Å²) in [6.45, 7) is 1.86. The van der Waals surface area contributed by atoms with E-state index in [1.165, 1.54) is 34.1 Å². The van der Waals surface area contributed by atoms with Gasteiger partial charge in [-0.15, -0.1) is 11.3 Å². The van der Waals surface area contributed by atoms with Gasteiger partial charge < -0.3 is 10.1 Å². The van der Waals surface area contributed by atoms with E-state index in [4.69, 9.17) is 0 Å². The van der Waals surface area contributed by atoms with Gasteiger partial charge in [-0.25, -0.2) is 10.4 Å². The van der Waals surface area contributed by atoms with Crippen LogP contribution in [0.4, 0.5) is 5.95 Å². The fraction of sp³-hybridized carbons (Fsp3) is 0.214. The molecule has 134 valence electrons. The molecular weight excluding hydrogens is 378 g/mol. The van der Waals surface area contributed by atoms with Crippen LogP contribution in [0.5, 0.6) is 0 Å². The van der Waals surface area contributed by atoms with Crippen LogP contribution in [-0.2, 0) is 11.3 Å². The van der Waals surface area contributed by atoms with E-state index in [0.29, 0.717) is 5.71 Å². The molecule has 2 heterocycles. The second-order valence-electron chi connectivity index (χ2n) is 5.12. The van der Waals surface area contributed by atoms with E-state index in [9.17, 15) is 14.9 Å². The van der Waals surface area contributed by atoms with Crippen molar-refractivity contribution < 1.29 is 9.72 Å². The summed E-state index contributed by atoms with van der Waals surface area (Å²) in [5, 5.41) is 18.2. The number of fused-ring (bicyclic) bond motifs is 1. The highest BCUT2D eigenvalue weighted by atomic mass is 32.2. The lowest BCUT2D eigenvalue weighted by Crippen LogP contribution is -2.22. The van der Waals surface area contributed by atoms with Crippen molar-refractivity contribution in [3.8, 4) is 0 Å². The summed E-state index contributed by atoms with van der Waals surface area (Å²) < 4.78 is 3.17. The van der Waals surface area contributed by atoms with Crippen molar-refractivity contribution in [3.63, 3.8) is 0 Å². The summed E-state index contributed by atoms with van der Waals surface area (Å²) >= 11 is 2.87. The topological polar surface area (TPSA) is 128 Å². The molecule has 26 heavy (non-hydrogen) atoms. The van der Waals surface area contributed by atoms with Crippen molar-refractivity contribution in [3.05, 3.63) is 40.7 Å². The van der Waals surface area contributed by atoms with Gasteiger partial charge in [0, 0.05) is 5.10 Å². The van der Waals surface area contributed by atoms with Crippen molar-refractivity contribution in [1.29, 1.82) is 0 Å². The maximum Gasteiger partial charge on any atom is 0.490 e. The monoisotopic (exact) mass is 391 g/mol. The second kappa shape index (κ2) is 8.01. The number of hydrogen-bond acceptors (Lipinski definition) is 9. The average molecular weight is 391 g/mol. The number of rotatable bonds is 7. The Balaban J connectivity index is 1.49. The molecular formula is C14H13N7O3S2. The number of carbonyl (C=O) groups is 1. The number of nitrogens with one attached hydrogen (secondary N) is 1. The van der Waals surface area contributed by atoms with E-state index in [1.807, 2.05) is 24.3 Å². The maximum atomic E-state index is 11.9. The zero-order valence-corrected chi connectivity index (χ0v) is 15.2. The van der Waals surface area contributed by atoms with Crippen LogP contribution in [0.25, 0.3) is 10.2 Å². The fourth-order valence-electron chi connectivity index (χ4n) is 1.94. The molecule has 2 aromatic heterocycles. The predicted molar refractivity (Wildman–Crippen MR) is 98.3 cm³/mol. The van der Waals surface area contributed by atoms with Gasteiger partial charge in [-0.3, -0.25) is 4.79 Å². The van der Waals surface area contributed by atoms with Crippen LogP contribution >= 0.6 is 23.1 Å². The van der Waals surface area contributed by atoms with Gasteiger partial charge in [0.25, 0.3) is 5.91 Å². The third-order valence-electron chi connectivity index (χ3n) is 3.05. The first-order valence-electron chi connectivity index (χ1n) is 7.35. The number of nitrogens with zero attached hydrogens (tertiary/aromatic N) is 6. The summed E-state index contributed by atoms with van der Waals surface area (Å²) in [4.78, 5) is 29.7. The standard InChI is InChI=1S/C14H13N7O3S2/c1-9(6-20-8-15-13(19-20)21(23)24)17-18-12(22)7-25-14-16-10-4-2-3-5-11(10)26-14/h2-5,8H,6-7H2,1H3,(H,18,22)/b17-9-. The zero-order valence-electron chi connectivity index (χ0n) is 13.5. The largest absolute Gasteiger partial charge is 0.490 e. The summed E-state index contributed by atoms with van der Waals surface area (Å²) in [6, 6.07) is 7.78. The Labute approximate surface area is 155 Å². The van der Waals surface area contributed by atoms with Gasteiger partial charge >= 0.3 is 5.95 Å². The Hall–Kier alpha value is -2.86. The molecule has 10 nitrogen and oxygen atoms in total. The van der Waals surface area contributed by atoms with Crippen molar-refractivity contribution in [2.75, 3.05) is 5.75 Å². The Bertz CT molecular complexity index is 949. The van der Waals surface area contributed by atoms with E-state index in [0.717, 1.165) is 14.6 Å². The Morgan fingerprint density at radius 2 is 2.27 bits per heavy atom. The van der Waals surface area contributed by atoms with Crippen molar-refractivity contribution in [2.24, 2.45) is 5.10 Å². The molecule has 0 unspecified atom stereocenters. The molecule has 0 saturated carbocycles. The summed E-state index contributed by atoms with van der Waals surface area (Å²) in [7, 11) is 0. The van der Waals surface area contributed by atoms with E-state index < -0.39 is 10.9 Å². The minimum Gasteiger partial charge on any atom is -0.390 e. The molecule has 0 saturated heterocycles. The van der Waals surface area contributed by atoms with Crippen LogP contribution in [0.1, 0.15) is 6.92 Å². The van der Waals surface area contributed by atoms with Gasteiger partial charge in [0.05, 0.1) is 28.2 Å². The molecule has 0 bridgehead atoms. The third kappa shape index (κ3) is 4.61. The first kappa shape index (κ1) is 17.9. The van der Waals surface area contributed by atoms with E-state index >= 15 is 0 Å². The normalized spacial score (nSPS) is 11.7. The summed E-state index contributed by atoms with van der Waals surface area (Å²) in [5.41, 5.74) is 3.89. The first-order valence-corrected chi connectivity index (χ1v) is 9.15. The van der Waals surface area contributed by atoms with Gasteiger partial charge in [0.15, 0.2) is 4.34 Å². The van der Waals surface area contributed by atoms with Gasteiger partial charge in [-0.1, -0.05) is 28.9 Å². The van der Waals surface area contributed by atoms with Gasteiger partial charge in [-0.2, -0.15) is 9.78 Å². The molecule has 12 heteroatoms. The fourth-order valence-corrected chi connectivity index (χ4v) is 3.81. The molecule has 0 spiro atoms. The van der Waals surface area contributed by atoms with E-state index in [-0.39, 0.29) is 18.2 Å². The van der Waals surface area contributed by atoms with Crippen LogP contribution in [0, 0.1) is 10.1 Å². The van der Waals surface area contributed by atoms with Gasteiger partial charge in [0.1, 0.15) is 0 Å². The van der Waals surface area contributed by atoms with Crippen molar-refractivity contribution in [2.45, 2.75) is 17.8 Å². The lowest BCUT2D eigenvalue weighted by atomic mass is 10.3. The highest BCUT2D eigenvalue weighted by Crippen LogP contribution is 2.28. The van der Waals surface area contributed by atoms with E-state index in [2.05, 4.69) is 25.6 Å². The Morgan fingerprint density at radius 1 is 1.46 bits per heavy atom. The molecule has 0 aliphatic heterocycles. The predicted octanol–water partition coefficient (Wildman–Crippen LogP) is 2.08. The van der Waals surface area contributed by atoms with Crippen LogP contribution < -0.4 is 5.43 Å². The van der Waals surface area contributed by atoms with Gasteiger partial charge in [0.2, 0.25) is 6.33 Å². The van der Waals surface area contributed by atoms with Crippen molar-refractivity contribution in [1.82, 2.24) is 25.2 Å². The Morgan fingerprint density at radius 3 is 3.00 bits per heavy atom. The number of hydrogen-bond donors (Lipinski definition) is 1. The maximum absolute atomic E-state index is 11.9. The molecule has 3 rings (SSSR count). The lowest BCUT2D eigenvalue weighted by molar-refractivity contribution is -0.394. The smallest absolute Gasteiger partial charge is 0.390 e. The molecule has 0 aliphatic carbocycles. The molecule has 0 atom stereocenters. The third-order valence-corrected chi connectivity index (χ3v) is 5.23. The number of aromatic nitrogens is 4. The quantitative estimate of drug-likeness (QED) is 0.282. The molecule has 3 aromatic rings. The van der Waals surface area contributed by atoms with Crippen LogP contribution in [0.15, 0.2) is 40.0 Å².